The lowest BCUT2D eigenvalue weighted by Gasteiger charge is -2.36. The van der Waals surface area contributed by atoms with E-state index < -0.39 is 29.1 Å². The topological polar surface area (TPSA) is 108 Å². The van der Waals surface area contributed by atoms with Gasteiger partial charge in [0.2, 0.25) is 17.7 Å². The average molecular weight is 534 g/mol. The average Bonchev–Trinajstić information content (AvgIpc) is 3.46. The Morgan fingerprint density at radius 1 is 0.949 bits per heavy atom. The van der Waals surface area contributed by atoms with Crippen molar-refractivity contribution in [3.63, 3.8) is 0 Å². The minimum absolute atomic E-state index is 0.00668. The van der Waals surface area contributed by atoms with Gasteiger partial charge in [-0.1, -0.05) is 67.6 Å². The number of aliphatic hydroxyl groups is 1. The Labute approximate surface area is 230 Å². The molecule has 0 aliphatic carbocycles. The molecule has 3 aliphatic rings. The van der Waals surface area contributed by atoms with Gasteiger partial charge in [-0.25, -0.2) is 0 Å². The van der Waals surface area contributed by atoms with Crippen LogP contribution in [-0.2, 0) is 32.2 Å². The van der Waals surface area contributed by atoms with Crippen LogP contribution in [0.4, 0.5) is 0 Å². The molecule has 3 fully saturated rings. The van der Waals surface area contributed by atoms with Crippen LogP contribution >= 0.6 is 0 Å². The van der Waals surface area contributed by atoms with Crippen molar-refractivity contribution >= 4 is 17.7 Å². The molecule has 3 N–H and O–H groups in total. The van der Waals surface area contributed by atoms with E-state index in [-0.39, 0.29) is 30.2 Å². The van der Waals surface area contributed by atoms with Crippen molar-refractivity contribution in [2.24, 2.45) is 17.8 Å². The number of likely N-dealkylation sites (tertiary alicyclic amines) is 1. The molecule has 8 nitrogen and oxygen atoms in total. The molecule has 1 spiro atoms. The summed E-state index contributed by atoms with van der Waals surface area (Å²) in [5, 5.41) is 15.3. The summed E-state index contributed by atoms with van der Waals surface area (Å²) in [6.45, 7) is 5.15. The van der Waals surface area contributed by atoms with Crippen LogP contribution in [0.1, 0.15) is 50.7 Å². The van der Waals surface area contributed by atoms with E-state index in [1.165, 1.54) is 0 Å². The Hall–Kier alpha value is -3.23. The third-order valence-electron chi connectivity index (χ3n) is 9.02. The van der Waals surface area contributed by atoms with E-state index in [2.05, 4.69) is 17.6 Å². The molecule has 0 aromatic heterocycles. The summed E-state index contributed by atoms with van der Waals surface area (Å²) in [5.74, 6) is -2.07. The zero-order chi connectivity index (χ0) is 27.6. The minimum atomic E-state index is -1.06. The maximum Gasteiger partial charge on any atom is 0.246 e. The van der Waals surface area contributed by atoms with Crippen molar-refractivity contribution in [1.29, 1.82) is 0 Å². The van der Waals surface area contributed by atoms with Crippen LogP contribution in [0, 0.1) is 17.8 Å². The van der Waals surface area contributed by atoms with Crippen molar-refractivity contribution in [3.8, 4) is 0 Å². The molecule has 2 bridgehead atoms. The Morgan fingerprint density at radius 2 is 1.54 bits per heavy atom. The molecular formula is C31H39N3O5. The zero-order valence-electron chi connectivity index (χ0n) is 22.8. The third-order valence-corrected chi connectivity index (χ3v) is 9.02. The van der Waals surface area contributed by atoms with Crippen molar-refractivity contribution < 1.29 is 24.2 Å². The van der Waals surface area contributed by atoms with E-state index in [0.29, 0.717) is 38.9 Å². The Morgan fingerprint density at radius 3 is 2.13 bits per heavy atom. The molecule has 2 aromatic carbocycles. The van der Waals surface area contributed by atoms with Crippen molar-refractivity contribution in [3.05, 3.63) is 71.8 Å². The van der Waals surface area contributed by atoms with Gasteiger partial charge in [0.25, 0.3) is 0 Å². The molecule has 2 aromatic rings. The second-order valence-corrected chi connectivity index (χ2v) is 11.4. The first kappa shape index (κ1) is 27.3. The van der Waals surface area contributed by atoms with Gasteiger partial charge < -0.3 is 25.4 Å². The fraction of sp³-hybridized carbons (Fsp3) is 0.516. The normalized spacial score (nSPS) is 30.8. The lowest BCUT2D eigenvalue weighted by atomic mass is 9.62. The smallest absolute Gasteiger partial charge is 0.246 e. The highest BCUT2D eigenvalue weighted by molar-refractivity contribution is 5.99. The second-order valence-electron chi connectivity index (χ2n) is 11.4. The highest BCUT2D eigenvalue weighted by Gasteiger charge is 2.79. The fourth-order valence-corrected chi connectivity index (χ4v) is 7.03. The summed E-state index contributed by atoms with van der Waals surface area (Å²) in [6, 6.07) is 18.5. The standard InChI is InChI=1S/C31H39N3O5/c1-21-18-31-25(24(30(21,2)39-31)27(36)32-19-22-12-6-3-7-13-22)29(38)34(16-10-5-11-17-35)26(31)28(37)33-20-23-14-8-4-9-15-23/h3-4,6-9,12-15,21,24-26,35H,5,10-11,16-20H2,1-2H3,(H,32,36)(H,33,37)/t21?,24-,25+,26?,30+,31?/m1/s1. The van der Waals surface area contributed by atoms with Crippen LogP contribution in [0.2, 0.25) is 0 Å². The number of ether oxygens (including phenoxy) is 1. The van der Waals surface area contributed by atoms with Gasteiger partial charge in [0, 0.05) is 26.2 Å². The van der Waals surface area contributed by atoms with Crippen molar-refractivity contribution in [2.75, 3.05) is 13.2 Å². The number of aliphatic hydroxyl groups excluding tert-OH is 1. The van der Waals surface area contributed by atoms with E-state index in [4.69, 9.17) is 4.74 Å². The Balaban J connectivity index is 1.42. The lowest BCUT2D eigenvalue weighted by Crippen LogP contribution is -2.55. The van der Waals surface area contributed by atoms with Gasteiger partial charge in [0.1, 0.15) is 11.6 Å². The SMILES string of the molecule is CC1CC23O[C@]1(C)[C@@H](C(=O)NCc1ccccc1)[C@H]2C(=O)N(CCCCCO)C3C(=O)NCc1ccccc1. The number of benzene rings is 2. The first-order valence-corrected chi connectivity index (χ1v) is 14.1. The summed E-state index contributed by atoms with van der Waals surface area (Å²) in [5.41, 5.74) is 0.0397. The molecule has 39 heavy (non-hydrogen) atoms. The maximum atomic E-state index is 14.1. The number of nitrogens with one attached hydrogen (secondary N) is 2. The van der Waals surface area contributed by atoms with Gasteiger partial charge in [-0.3, -0.25) is 14.4 Å². The molecule has 8 heteroatoms. The zero-order valence-corrected chi connectivity index (χ0v) is 22.8. The summed E-state index contributed by atoms with van der Waals surface area (Å²) in [6.07, 6.45) is 2.58. The third kappa shape index (κ3) is 4.85. The summed E-state index contributed by atoms with van der Waals surface area (Å²) in [4.78, 5) is 43.4. The van der Waals surface area contributed by atoms with Gasteiger partial charge in [-0.05, 0) is 49.7 Å². The molecule has 3 heterocycles. The van der Waals surface area contributed by atoms with Crippen LogP contribution in [-0.4, -0.2) is 58.1 Å². The number of carbonyl (C=O) groups is 3. The van der Waals surface area contributed by atoms with Gasteiger partial charge >= 0.3 is 0 Å². The molecule has 3 amide bonds. The molecule has 3 saturated heterocycles. The van der Waals surface area contributed by atoms with E-state index in [1.807, 2.05) is 67.6 Å². The summed E-state index contributed by atoms with van der Waals surface area (Å²) in [7, 11) is 0. The first-order valence-electron chi connectivity index (χ1n) is 14.1. The second kappa shape index (κ2) is 11.1. The molecule has 3 unspecified atom stereocenters. The van der Waals surface area contributed by atoms with Crippen LogP contribution in [0.3, 0.4) is 0 Å². The molecule has 0 radical (unpaired) electrons. The van der Waals surface area contributed by atoms with Gasteiger partial charge in [-0.15, -0.1) is 0 Å². The number of amides is 3. The van der Waals surface area contributed by atoms with Crippen LogP contribution in [0.5, 0.6) is 0 Å². The van der Waals surface area contributed by atoms with Crippen LogP contribution in [0.25, 0.3) is 0 Å². The Kier molecular flexibility index (Phi) is 7.78. The number of nitrogens with zero attached hydrogens (tertiary/aromatic N) is 1. The number of hydrogen-bond donors (Lipinski definition) is 3. The molecule has 3 aliphatic heterocycles. The predicted molar refractivity (Wildman–Crippen MR) is 146 cm³/mol. The molecule has 6 atom stereocenters. The highest BCUT2D eigenvalue weighted by atomic mass is 16.5. The van der Waals surface area contributed by atoms with Crippen molar-refractivity contribution in [2.45, 2.75) is 69.9 Å². The molecule has 208 valence electrons. The maximum absolute atomic E-state index is 14.1. The van der Waals surface area contributed by atoms with Gasteiger partial charge in [-0.2, -0.15) is 0 Å². The van der Waals surface area contributed by atoms with Gasteiger partial charge in [0.05, 0.1) is 17.4 Å². The number of carbonyl (C=O) groups excluding carboxylic acids is 3. The number of rotatable bonds is 11. The minimum Gasteiger partial charge on any atom is -0.396 e. The summed E-state index contributed by atoms with van der Waals surface area (Å²) >= 11 is 0. The van der Waals surface area contributed by atoms with E-state index in [9.17, 15) is 19.5 Å². The molecular weight excluding hydrogens is 494 g/mol. The monoisotopic (exact) mass is 533 g/mol. The van der Waals surface area contributed by atoms with E-state index in [0.717, 1.165) is 17.5 Å². The molecule has 0 saturated carbocycles. The van der Waals surface area contributed by atoms with Crippen LogP contribution in [0.15, 0.2) is 60.7 Å². The van der Waals surface area contributed by atoms with Crippen molar-refractivity contribution in [1.82, 2.24) is 15.5 Å². The van der Waals surface area contributed by atoms with Gasteiger partial charge in [0.15, 0.2) is 0 Å². The summed E-state index contributed by atoms with van der Waals surface area (Å²) < 4.78 is 6.76. The fourth-order valence-electron chi connectivity index (χ4n) is 7.03. The Bertz CT molecular complexity index is 1190. The largest absolute Gasteiger partial charge is 0.396 e. The van der Waals surface area contributed by atoms with E-state index >= 15 is 0 Å². The quantitative estimate of drug-likeness (QED) is 0.385. The molecule has 5 rings (SSSR count). The van der Waals surface area contributed by atoms with E-state index in [1.54, 1.807) is 4.90 Å². The number of hydrogen-bond acceptors (Lipinski definition) is 5. The first-order chi connectivity index (χ1) is 18.8. The number of unbranched alkanes of at least 4 members (excludes halogenated alkanes) is 2. The highest BCUT2D eigenvalue weighted by Crippen LogP contribution is 2.65. The van der Waals surface area contributed by atoms with Crippen LogP contribution < -0.4 is 10.6 Å². The lowest BCUT2D eigenvalue weighted by molar-refractivity contribution is -0.147. The number of fused-ring (bicyclic) bond motifs is 1. The predicted octanol–water partition coefficient (Wildman–Crippen LogP) is 2.79.